The molecule has 0 bridgehead atoms. The van der Waals surface area contributed by atoms with Crippen LogP contribution in [0.4, 0.5) is 4.39 Å². The second-order valence-corrected chi connectivity index (χ2v) is 5.59. The third-order valence-electron chi connectivity index (χ3n) is 3.08. The van der Waals surface area contributed by atoms with E-state index in [1.807, 2.05) is 12.1 Å². The van der Waals surface area contributed by atoms with Gasteiger partial charge >= 0.3 is 0 Å². The van der Waals surface area contributed by atoms with E-state index in [1.54, 1.807) is 24.3 Å². The van der Waals surface area contributed by atoms with E-state index in [1.165, 1.54) is 11.6 Å². The number of Topliss-reactive ketones (excluding diaryl/α,β-unsaturated/α-hetero) is 1. The normalized spacial score (nSPS) is 10.4. The van der Waals surface area contributed by atoms with Crippen LogP contribution in [0.3, 0.4) is 0 Å². The number of halogens is 2. The summed E-state index contributed by atoms with van der Waals surface area (Å²) in [6, 6.07) is 11.9. The highest BCUT2D eigenvalue weighted by molar-refractivity contribution is 9.10. The van der Waals surface area contributed by atoms with Gasteiger partial charge in [-0.05, 0) is 40.0 Å². The van der Waals surface area contributed by atoms with Gasteiger partial charge in [0.05, 0.1) is 4.47 Å². The minimum atomic E-state index is -0.413. The van der Waals surface area contributed by atoms with Crippen molar-refractivity contribution in [3.8, 4) is 5.75 Å². The Morgan fingerprint density at radius 2 is 1.90 bits per heavy atom. The van der Waals surface area contributed by atoms with E-state index in [0.717, 1.165) is 12.8 Å². The van der Waals surface area contributed by atoms with Crippen LogP contribution in [0.2, 0.25) is 0 Å². The first-order chi connectivity index (χ1) is 10.1. The zero-order valence-electron chi connectivity index (χ0n) is 11.7. The summed E-state index contributed by atoms with van der Waals surface area (Å²) in [5, 5.41) is 0. The molecule has 110 valence electrons. The molecule has 4 heteroatoms. The molecule has 0 unspecified atom stereocenters. The fourth-order valence-corrected chi connectivity index (χ4v) is 2.19. The van der Waals surface area contributed by atoms with Gasteiger partial charge in [0.2, 0.25) is 0 Å². The zero-order valence-corrected chi connectivity index (χ0v) is 13.3. The monoisotopic (exact) mass is 350 g/mol. The van der Waals surface area contributed by atoms with E-state index in [0.29, 0.717) is 15.8 Å². The number of hydrogen-bond acceptors (Lipinski definition) is 2. The van der Waals surface area contributed by atoms with Crippen LogP contribution in [-0.4, -0.2) is 12.4 Å². The number of carbonyl (C=O) groups is 1. The van der Waals surface area contributed by atoms with Crippen LogP contribution in [0.5, 0.6) is 5.75 Å². The fourth-order valence-electron chi connectivity index (χ4n) is 1.94. The minimum absolute atomic E-state index is 0.103. The van der Waals surface area contributed by atoms with E-state index in [4.69, 9.17) is 4.74 Å². The molecule has 0 aromatic heterocycles. The Morgan fingerprint density at radius 3 is 2.52 bits per heavy atom. The van der Waals surface area contributed by atoms with Gasteiger partial charge in [0.1, 0.15) is 11.6 Å². The van der Waals surface area contributed by atoms with Crippen molar-refractivity contribution in [3.63, 3.8) is 0 Å². The number of carbonyl (C=O) groups excluding carboxylic acids is 1. The van der Waals surface area contributed by atoms with Gasteiger partial charge in [-0.3, -0.25) is 4.79 Å². The summed E-state index contributed by atoms with van der Waals surface area (Å²) in [5.74, 6) is -0.197. The van der Waals surface area contributed by atoms with Crippen LogP contribution in [0.1, 0.15) is 29.3 Å². The Morgan fingerprint density at radius 1 is 1.19 bits per heavy atom. The molecule has 2 rings (SSSR count). The molecule has 0 saturated carbocycles. The maximum Gasteiger partial charge on any atom is 0.200 e. The maximum atomic E-state index is 13.3. The smallest absolute Gasteiger partial charge is 0.200 e. The lowest BCUT2D eigenvalue weighted by molar-refractivity contribution is 0.0921. The average molecular weight is 351 g/mol. The second-order valence-electron chi connectivity index (χ2n) is 4.73. The molecule has 0 aliphatic rings. The number of hydrogen-bond donors (Lipinski definition) is 0. The van der Waals surface area contributed by atoms with Crippen LogP contribution in [0.25, 0.3) is 0 Å². The molecule has 0 aliphatic heterocycles. The predicted octanol–water partition coefficient (Wildman–Crippen LogP) is 4.80. The molecule has 0 heterocycles. The molecule has 0 amide bonds. The summed E-state index contributed by atoms with van der Waals surface area (Å²) in [5.41, 5.74) is 1.82. The highest BCUT2D eigenvalue weighted by atomic mass is 79.9. The molecule has 2 aromatic rings. The molecule has 0 radical (unpaired) electrons. The number of benzene rings is 2. The Bertz CT molecular complexity index is 623. The first-order valence-corrected chi connectivity index (χ1v) is 7.59. The van der Waals surface area contributed by atoms with Gasteiger partial charge in [-0.2, -0.15) is 0 Å². The Kier molecular flexibility index (Phi) is 5.51. The Balaban J connectivity index is 1.96. The lowest BCUT2D eigenvalue weighted by atomic mass is 10.1. The molecular weight excluding hydrogens is 335 g/mol. The van der Waals surface area contributed by atoms with Crippen LogP contribution in [0.15, 0.2) is 46.9 Å². The van der Waals surface area contributed by atoms with Crippen molar-refractivity contribution in [2.24, 2.45) is 0 Å². The Labute approximate surface area is 132 Å². The zero-order chi connectivity index (χ0) is 15.2. The van der Waals surface area contributed by atoms with Crippen molar-refractivity contribution < 1.29 is 13.9 Å². The molecule has 0 aliphatic carbocycles. The van der Waals surface area contributed by atoms with Gasteiger partial charge in [-0.15, -0.1) is 0 Å². The summed E-state index contributed by atoms with van der Waals surface area (Å²) in [6.07, 6.45) is 2.08. The maximum absolute atomic E-state index is 13.3. The molecule has 0 fully saturated rings. The largest absolute Gasteiger partial charge is 0.485 e. The van der Waals surface area contributed by atoms with Crippen LogP contribution in [0, 0.1) is 5.82 Å². The molecule has 21 heavy (non-hydrogen) atoms. The SMILES string of the molecule is CCCc1ccc(C(=O)COc2ccc(Br)c(F)c2)cc1. The van der Waals surface area contributed by atoms with Gasteiger partial charge in [-0.1, -0.05) is 37.6 Å². The van der Waals surface area contributed by atoms with E-state index in [9.17, 15) is 9.18 Å². The van der Waals surface area contributed by atoms with Crippen LogP contribution in [-0.2, 0) is 6.42 Å². The standard InChI is InChI=1S/C17H16BrFO2/c1-2-3-12-4-6-13(7-5-12)17(20)11-21-14-8-9-15(18)16(19)10-14/h4-10H,2-3,11H2,1H3. The summed E-state index contributed by atoms with van der Waals surface area (Å²) in [6.45, 7) is 2.01. The molecule has 2 aromatic carbocycles. The van der Waals surface area contributed by atoms with Crippen molar-refractivity contribution in [3.05, 3.63) is 63.9 Å². The number of rotatable bonds is 6. The van der Waals surface area contributed by atoms with Crippen LogP contribution < -0.4 is 4.74 Å². The quantitative estimate of drug-likeness (QED) is 0.699. The summed E-state index contributed by atoms with van der Waals surface area (Å²) in [4.78, 5) is 12.0. The third-order valence-corrected chi connectivity index (χ3v) is 3.72. The van der Waals surface area contributed by atoms with E-state index in [-0.39, 0.29) is 12.4 Å². The highest BCUT2D eigenvalue weighted by Crippen LogP contribution is 2.21. The Hall–Kier alpha value is -1.68. The third kappa shape index (κ3) is 4.39. The van der Waals surface area contributed by atoms with Gasteiger partial charge < -0.3 is 4.74 Å². The number of ether oxygens (including phenoxy) is 1. The van der Waals surface area contributed by atoms with E-state index >= 15 is 0 Å². The van der Waals surface area contributed by atoms with Gasteiger partial charge in [0.25, 0.3) is 0 Å². The molecule has 0 atom stereocenters. The summed E-state index contributed by atoms with van der Waals surface area (Å²) in [7, 11) is 0. The van der Waals surface area contributed by atoms with Crippen molar-refractivity contribution in [2.45, 2.75) is 19.8 Å². The molecule has 0 N–H and O–H groups in total. The van der Waals surface area contributed by atoms with Gasteiger partial charge in [0, 0.05) is 11.6 Å². The summed E-state index contributed by atoms with van der Waals surface area (Å²) < 4.78 is 19.0. The first-order valence-electron chi connectivity index (χ1n) is 6.80. The predicted molar refractivity (Wildman–Crippen MR) is 84.4 cm³/mol. The topological polar surface area (TPSA) is 26.3 Å². The fraction of sp³-hybridized carbons (Fsp3) is 0.235. The lowest BCUT2D eigenvalue weighted by Gasteiger charge is -2.07. The molecular formula is C17H16BrFO2. The van der Waals surface area contributed by atoms with Crippen molar-refractivity contribution in [2.75, 3.05) is 6.61 Å². The molecule has 2 nitrogen and oxygen atoms in total. The molecule has 0 spiro atoms. The highest BCUT2D eigenvalue weighted by Gasteiger charge is 2.08. The number of ketones is 1. The lowest BCUT2D eigenvalue weighted by Crippen LogP contribution is -2.11. The van der Waals surface area contributed by atoms with Gasteiger partial charge in [0.15, 0.2) is 12.4 Å². The van der Waals surface area contributed by atoms with Crippen molar-refractivity contribution >= 4 is 21.7 Å². The van der Waals surface area contributed by atoms with E-state index in [2.05, 4.69) is 22.9 Å². The van der Waals surface area contributed by atoms with Crippen molar-refractivity contribution in [1.82, 2.24) is 0 Å². The minimum Gasteiger partial charge on any atom is -0.485 e. The molecule has 0 saturated heterocycles. The van der Waals surface area contributed by atoms with Gasteiger partial charge in [-0.25, -0.2) is 4.39 Å². The number of aryl methyl sites for hydroxylation is 1. The van der Waals surface area contributed by atoms with E-state index < -0.39 is 5.82 Å². The average Bonchev–Trinajstić information content (AvgIpc) is 2.49. The first kappa shape index (κ1) is 15.7. The summed E-state index contributed by atoms with van der Waals surface area (Å²) >= 11 is 3.07. The van der Waals surface area contributed by atoms with Crippen LogP contribution >= 0.6 is 15.9 Å². The second kappa shape index (κ2) is 7.36. The van der Waals surface area contributed by atoms with Crippen molar-refractivity contribution in [1.29, 1.82) is 0 Å².